The lowest BCUT2D eigenvalue weighted by molar-refractivity contribution is 0.656. The van der Waals surface area contributed by atoms with Gasteiger partial charge in [-0.2, -0.15) is 4.39 Å². The van der Waals surface area contributed by atoms with Crippen molar-refractivity contribution >= 4 is 11.3 Å². The average molecular weight is 158 g/mol. The molecule has 1 aromatic rings. The summed E-state index contributed by atoms with van der Waals surface area (Å²) < 4.78 is 12.6. The smallest absolute Gasteiger partial charge is 0.176 e. The maximum Gasteiger partial charge on any atom is 0.176 e. The van der Waals surface area contributed by atoms with E-state index in [2.05, 4.69) is 13.8 Å². The van der Waals surface area contributed by atoms with Crippen LogP contribution < -0.4 is 0 Å². The Hall–Kier alpha value is -0.370. The number of hydrogen-bond acceptors (Lipinski definition) is 1. The Bertz CT molecular complexity index is 225. The van der Waals surface area contributed by atoms with E-state index in [0.29, 0.717) is 5.92 Å². The normalized spacial score (nSPS) is 10.9. The van der Waals surface area contributed by atoms with Crippen LogP contribution in [-0.2, 0) is 0 Å². The Morgan fingerprint density at radius 2 is 2.10 bits per heavy atom. The fourth-order valence-corrected chi connectivity index (χ4v) is 1.93. The van der Waals surface area contributed by atoms with E-state index in [0.717, 1.165) is 10.4 Å². The molecule has 0 bridgehead atoms. The van der Waals surface area contributed by atoms with Crippen molar-refractivity contribution in [3.05, 3.63) is 21.6 Å². The van der Waals surface area contributed by atoms with Gasteiger partial charge in [-0.25, -0.2) is 0 Å². The van der Waals surface area contributed by atoms with Gasteiger partial charge < -0.3 is 0 Å². The van der Waals surface area contributed by atoms with E-state index in [4.69, 9.17) is 0 Å². The summed E-state index contributed by atoms with van der Waals surface area (Å²) in [6.45, 7) is 6.12. The Labute approximate surface area is 64.7 Å². The van der Waals surface area contributed by atoms with Gasteiger partial charge in [-0.1, -0.05) is 13.8 Å². The van der Waals surface area contributed by atoms with Crippen molar-refractivity contribution in [3.63, 3.8) is 0 Å². The third-order valence-electron chi connectivity index (χ3n) is 1.45. The molecule has 0 amide bonds. The zero-order chi connectivity index (χ0) is 7.72. The molecule has 0 aliphatic carbocycles. The highest BCUT2D eigenvalue weighted by molar-refractivity contribution is 7.10. The van der Waals surface area contributed by atoms with Gasteiger partial charge in [0.05, 0.1) is 0 Å². The van der Waals surface area contributed by atoms with Crippen molar-refractivity contribution in [3.8, 4) is 0 Å². The molecule has 0 fully saturated rings. The molecule has 0 unspecified atom stereocenters. The molecule has 56 valence electrons. The van der Waals surface area contributed by atoms with Crippen LogP contribution in [0, 0.1) is 12.1 Å². The molecular formula is C8H11FS. The standard InChI is InChI=1S/C8H11FS/c1-5(2)8-6(3)4-7(9)10-8/h4-5H,1-3H3. The first-order chi connectivity index (χ1) is 4.61. The summed E-state index contributed by atoms with van der Waals surface area (Å²) in [7, 11) is 0. The summed E-state index contributed by atoms with van der Waals surface area (Å²) in [4.78, 5) is 1.16. The van der Waals surface area contributed by atoms with Gasteiger partial charge in [-0.3, -0.25) is 0 Å². The van der Waals surface area contributed by atoms with Crippen molar-refractivity contribution in [2.75, 3.05) is 0 Å². The number of halogens is 1. The Morgan fingerprint density at radius 1 is 1.50 bits per heavy atom. The first kappa shape index (κ1) is 7.73. The number of thiophene rings is 1. The summed E-state index contributed by atoms with van der Waals surface area (Å²) in [5.74, 6) is 0.453. The van der Waals surface area contributed by atoms with Crippen LogP contribution in [0.2, 0.25) is 0 Å². The molecule has 10 heavy (non-hydrogen) atoms. The molecule has 0 aliphatic rings. The van der Waals surface area contributed by atoms with Gasteiger partial charge in [-0.15, -0.1) is 11.3 Å². The molecule has 0 aliphatic heterocycles. The fourth-order valence-electron chi connectivity index (χ4n) is 1.03. The minimum Gasteiger partial charge on any atom is -0.195 e. The van der Waals surface area contributed by atoms with Crippen LogP contribution in [0.15, 0.2) is 6.07 Å². The van der Waals surface area contributed by atoms with Gasteiger partial charge in [0.25, 0.3) is 0 Å². The molecule has 2 heteroatoms. The third kappa shape index (κ3) is 1.37. The summed E-state index contributed by atoms with van der Waals surface area (Å²) >= 11 is 1.26. The molecule has 0 saturated carbocycles. The lowest BCUT2D eigenvalue weighted by atomic mass is 10.1. The van der Waals surface area contributed by atoms with Crippen LogP contribution in [0.1, 0.15) is 30.2 Å². The molecule has 0 radical (unpaired) electrons. The third-order valence-corrected chi connectivity index (χ3v) is 2.78. The van der Waals surface area contributed by atoms with Crippen molar-refractivity contribution in [1.82, 2.24) is 0 Å². The molecule has 0 aromatic carbocycles. The van der Waals surface area contributed by atoms with Gasteiger partial charge in [0, 0.05) is 4.88 Å². The predicted molar refractivity (Wildman–Crippen MR) is 43.1 cm³/mol. The largest absolute Gasteiger partial charge is 0.195 e. The first-order valence-corrected chi connectivity index (χ1v) is 4.18. The molecule has 0 atom stereocenters. The van der Waals surface area contributed by atoms with Crippen LogP contribution in [0.4, 0.5) is 4.39 Å². The van der Waals surface area contributed by atoms with Crippen LogP contribution in [0.5, 0.6) is 0 Å². The Kier molecular flexibility index (Phi) is 2.09. The van der Waals surface area contributed by atoms with Crippen molar-refractivity contribution in [1.29, 1.82) is 0 Å². The van der Waals surface area contributed by atoms with Gasteiger partial charge in [0.2, 0.25) is 0 Å². The van der Waals surface area contributed by atoms with Gasteiger partial charge in [0.15, 0.2) is 5.13 Å². The SMILES string of the molecule is Cc1cc(F)sc1C(C)C. The topological polar surface area (TPSA) is 0 Å². The second kappa shape index (κ2) is 2.70. The summed E-state index contributed by atoms with van der Waals surface area (Å²) in [6, 6.07) is 1.60. The van der Waals surface area contributed by atoms with Crippen molar-refractivity contribution in [2.45, 2.75) is 26.7 Å². The van der Waals surface area contributed by atoms with Crippen molar-refractivity contribution in [2.24, 2.45) is 0 Å². The lowest BCUT2D eigenvalue weighted by Gasteiger charge is -2.00. The van der Waals surface area contributed by atoms with E-state index in [9.17, 15) is 4.39 Å². The van der Waals surface area contributed by atoms with E-state index < -0.39 is 0 Å². The van der Waals surface area contributed by atoms with Gasteiger partial charge >= 0.3 is 0 Å². The number of rotatable bonds is 1. The molecule has 1 aromatic heterocycles. The Morgan fingerprint density at radius 3 is 2.30 bits per heavy atom. The molecule has 0 nitrogen and oxygen atoms in total. The molecular weight excluding hydrogens is 147 g/mol. The monoisotopic (exact) mass is 158 g/mol. The number of aryl methyl sites for hydroxylation is 1. The molecule has 1 rings (SSSR count). The van der Waals surface area contributed by atoms with E-state index >= 15 is 0 Å². The van der Waals surface area contributed by atoms with E-state index in [1.54, 1.807) is 6.07 Å². The highest BCUT2D eigenvalue weighted by atomic mass is 32.1. The molecule has 1 heterocycles. The Balaban J connectivity index is 3.03. The maximum absolute atomic E-state index is 12.6. The fraction of sp³-hybridized carbons (Fsp3) is 0.500. The average Bonchev–Trinajstić information content (AvgIpc) is 2.10. The molecule has 0 spiro atoms. The van der Waals surface area contributed by atoms with Crippen LogP contribution >= 0.6 is 11.3 Å². The summed E-state index contributed by atoms with van der Waals surface area (Å²) in [6.07, 6.45) is 0. The lowest BCUT2D eigenvalue weighted by Crippen LogP contribution is -1.82. The zero-order valence-corrected chi connectivity index (χ0v) is 7.26. The molecule has 0 saturated heterocycles. The van der Waals surface area contributed by atoms with E-state index in [1.807, 2.05) is 6.92 Å². The van der Waals surface area contributed by atoms with Crippen LogP contribution in [0.25, 0.3) is 0 Å². The van der Waals surface area contributed by atoms with Crippen molar-refractivity contribution < 1.29 is 4.39 Å². The second-order valence-electron chi connectivity index (χ2n) is 2.75. The van der Waals surface area contributed by atoms with Crippen LogP contribution in [0.3, 0.4) is 0 Å². The van der Waals surface area contributed by atoms with E-state index in [-0.39, 0.29) is 5.13 Å². The number of hydrogen-bond donors (Lipinski definition) is 0. The second-order valence-corrected chi connectivity index (χ2v) is 3.79. The van der Waals surface area contributed by atoms with Crippen LogP contribution in [-0.4, -0.2) is 0 Å². The quantitative estimate of drug-likeness (QED) is 0.588. The minimum absolute atomic E-state index is 0.0683. The van der Waals surface area contributed by atoms with E-state index in [1.165, 1.54) is 11.3 Å². The zero-order valence-electron chi connectivity index (χ0n) is 6.44. The predicted octanol–water partition coefficient (Wildman–Crippen LogP) is 3.32. The minimum atomic E-state index is -0.0683. The maximum atomic E-state index is 12.6. The summed E-state index contributed by atoms with van der Waals surface area (Å²) in [5.41, 5.74) is 1.08. The highest BCUT2D eigenvalue weighted by Crippen LogP contribution is 2.27. The summed E-state index contributed by atoms with van der Waals surface area (Å²) in [5, 5.41) is -0.0683. The highest BCUT2D eigenvalue weighted by Gasteiger charge is 2.07. The van der Waals surface area contributed by atoms with Gasteiger partial charge in [0.1, 0.15) is 0 Å². The van der Waals surface area contributed by atoms with Gasteiger partial charge in [-0.05, 0) is 24.5 Å². The first-order valence-electron chi connectivity index (χ1n) is 3.37. The molecule has 0 N–H and O–H groups in total.